The van der Waals surface area contributed by atoms with E-state index in [4.69, 9.17) is 9.47 Å². The van der Waals surface area contributed by atoms with Crippen molar-refractivity contribution in [2.75, 3.05) is 31.8 Å². The van der Waals surface area contributed by atoms with Crippen LogP contribution in [0.25, 0.3) is 0 Å². The van der Waals surface area contributed by atoms with Gasteiger partial charge in [0.1, 0.15) is 0 Å². The third-order valence-corrected chi connectivity index (χ3v) is 3.99. The minimum absolute atomic E-state index is 0.368. The molecule has 0 bridgehead atoms. The van der Waals surface area contributed by atoms with Crippen molar-refractivity contribution in [3.63, 3.8) is 0 Å². The number of hydrogen-bond acceptors (Lipinski definition) is 4. The molecule has 0 radical (unpaired) electrons. The molecule has 1 atom stereocenters. The summed E-state index contributed by atoms with van der Waals surface area (Å²) >= 11 is 1.94. The number of rotatable bonds is 5. The van der Waals surface area contributed by atoms with Crippen LogP contribution in [-0.2, 0) is 0 Å². The predicted molar refractivity (Wildman–Crippen MR) is 76.8 cm³/mol. The fourth-order valence-electron chi connectivity index (χ4n) is 1.98. The molecule has 0 spiro atoms. The first-order valence-corrected chi connectivity index (χ1v) is 7.65. The van der Waals surface area contributed by atoms with Gasteiger partial charge in [-0.05, 0) is 30.5 Å². The molecule has 4 heteroatoms. The summed E-state index contributed by atoms with van der Waals surface area (Å²) in [5.41, 5.74) is 1.27. The molecule has 18 heavy (non-hydrogen) atoms. The molecule has 0 saturated carbocycles. The average Bonchev–Trinajstić information content (AvgIpc) is 2.64. The number of ether oxygens (including phenoxy) is 2. The van der Waals surface area contributed by atoms with Gasteiger partial charge in [-0.1, -0.05) is 13.0 Å². The van der Waals surface area contributed by atoms with Crippen molar-refractivity contribution in [1.29, 1.82) is 0 Å². The minimum atomic E-state index is 0.368. The Morgan fingerprint density at radius 3 is 2.78 bits per heavy atom. The van der Waals surface area contributed by atoms with E-state index < -0.39 is 0 Å². The Morgan fingerprint density at radius 1 is 1.28 bits per heavy atom. The normalized spacial score (nSPS) is 16.1. The van der Waals surface area contributed by atoms with Crippen molar-refractivity contribution in [1.82, 2.24) is 5.32 Å². The lowest BCUT2D eigenvalue weighted by molar-refractivity contribution is 0.297. The van der Waals surface area contributed by atoms with E-state index in [9.17, 15) is 0 Å². The molecule has 0 amide bonds. The molecule has 1 aromatic carbocycles. The van der Waals surface area contributed by atoms with Crippen molar-refractivity contribution >= 4 is 11.8 Å². The number of benzene rings is 1. The van der Waals surface area contributed by atoms with Gasteiger partial charge in [0.15, 0.2) is 11.5 Å². The van der Waals surface area contributed by atoms with E-state index >= 15 is 0 Å². The largest absolute Gasteiger partial charge is 0.490 e. The highest BCUT2D eigenvalue weighted by Crippen LogP contribution is 2.32. The third-order valence-electron chi connectivity index (χ3n) is 3.01. The van der Waals surface area contributed by atoms with Crippen molar-refractivity contribution in [2.24, 2.45) is 0 Å². The second-order valence-electron chi connectivity index (χ2n) is 4.26. The highest BCUT2D eigenvalue weighted by Gasteiger charge is 2.15. The van der Waals surface area contributed by atoms with Crippen molar-refractivity contribution in [3.05, 3.63) is 23.8 Å². The van der Waals surface area contributed by atoms with E-state index in [1.54, 1.807) is 0 Å². The van der Waals surface area contributed by atoms with E-state index in [1.165, 1.54) is 5.56 Å². The second kappa shape index (κ2) is 6.90. The molecule has 1 aromatic rings. The summed E-state index contributed by atoms with van der Waals surface area (Å²) in [6.45, 7) is 3.67. The van der Waals surface area contributed by atoms with Crippen molar-refractivity contribution in [2.45, 2.75) is 19.4 Å². The maximum atomic E-state index is 5.73. The van der Waals surface area contributed by atoms with Gasteiger partial charge in [0.25, 0.3) is 0 Å². The fraction of sp³-hybridized carbons (Fsp3) is 0.571. The SMILES string of the molecule is CCSCC(NC)c1ccc2c(c1)OCCCO2. The molecule has 1 unspecified atom stereocenters. The Kier molecular flexibility index (Phi) is 5.20. The van der Waals surface area contributed by atoms with Crippen LogP contribution in [0.15, 0.2) is 18.2 Å². The lowest BCUT2D eigenvalue weighted by Gasteiger charge is -2.17. The summed E-state index contributed by atoms with van der Waals surface area (Å²) in [6.07, 6.45) is 0.950. The molecule has 3 nitrogen and oxygen atoms in total. The van der Waals surface area contributed by atoms with E-state index in [0.717, 1.165) is 42.6 Å². The van der Waals surface area contributed by atoms with Gasteiger partial charge in [-0.25, -0.2) is 0 Å². The minimum Gasteiger partial charge on any atom is -0.490 e. The lowest BCUT2D eigenvalue weighted by Crippen LogP contribution is -2.18. The van der Waals surface area contributed by atoms with Gasteiger partial charge >= 0.3 is 0 Å². The Bertz CT molecular complexity index is 384. The van der Waals surface area contributed by atoms with Gasteiger partial charge < -0.3 is 14.8 Å². The van der Waals surface area contributed by atoms with Crippen LogP contribution in [0.5, 0.6) is 11.5 Å². The topological polar surface area (TPSA) is 30.5 Å². The first-order valence-electron chi connectivity index (χ1n) is 6.49. The highest BCUT2D eigenvalue weighted by molar-refractivity contribution is 7.99. The van der Waals surface area contributed by atoms with Crippen LogP contribution in [-0.4, -0.2) is 31.8 Å². The second-order valence-corrected chi connectivity index (χ2v) is 5.58. The van der Waals surface area contributed by atoms with Gasteiger partial charge in [-0.15, -0.1) is 0 Å². The predicted octanol–water partition coefficient (Wildman–Crippen LogP) is 2.86. The maximum Gasteiger partial charge on any atom is 0.161 e. The van der Waals surface area contributed by atoms with E-state index in [-0.39, 0.29) is 0 Å². The van der Waals surface area contributed by atoms with Gasteiger partial charge in [0.05, 0.1) is 13.2 Å². The quantitative estimate of drug-likeness (QED) is 0.888. The zero-order chi connectivity index (χ0) is 12.8. The summed E-state index contributed by atoms with van der Waals surface area (Å²) in [7, 11) is 2.00. The molecule has 100 valence electrons. The standard InChI is InChI=1S/C14H21NO2S/c1-3-18-10-12(15-2)11-5-6-13-14(9-11)17-8-4-7-16-13/h5-6,9,12,15H,3-4,7-8,10H2,1-2H3. The van der Waals surface area contributed by atoms with Crippen LogP contribution in [0.4, 0.5) is 0 Å². The molecule has 1 aliphatic heterocycles. The fourth-order valence-corrected chi connectivity index (χ4v) is 2.81. The zero-order valence-electron chi connectivity index (χ0n) is 11.1. The zero-order valence-corrected chi connectivity index (χ0v) is 11.9. The highest BCUT2D eigenvalue weighted by atomic mass is 32.2. The summed E-state index contributed by atoms with van der Waals surface area (Å²) in [5.74, 6) is 3.97. The molecule has 1 N–H and O–H groups in total. The van der Waals surface area contributed by atoms with Crippen molar-refractivity contribution < 1.29 is 9.47 Å². The molecule has 0 aliphatic carbocycles. The van der Waals surface area contributed by atoms with Crippen LogP contribution in [0.3, 0.4) is 0 Å². The number of nitrogens with one attached hydrogen (secondary N) is 1. The van der Waals surface area contributed by atoms with Gasteiger partial charge in [0.2, 0.25) is 0 Å². The number of thioether (sulfide) groups is 1. The maximum absolute atomic E-state index is 5.73. The number of hydrogen-bond donors (Lipinski definition) is 1. The summed E-state index contributed by atoms with van der Waals surface area (Å²) in [5, 5.41) is 3.36. The van der Waals surface area contributed by atoms with Crippen LogP contribution in [0.2, 0.25) is 0 Å². The van der Waals surface area contributed by atoms with Crippen LogP contribution < -0.4 is 14.8 Å². The first-order chi connectivity index (χ1) is 8.85. The Hall–Kier alpha value is -0.870. The molecule has 1 heterocycles. The molecule has 1 aliphatic rings. The average molecular weight is 267 g/mol. The van der Waals surface area contributed by atoms with Gasteiger partial charge in [0, 0.05) is 18.2 Å². The molecule has 2 rings (SSSR count). The smallest absolute Gasteiger partial charge is 0.161 e. The molecule has 0 fully saturated rings. The Morgan fingerprint density at radius 2 is 2.06 bits per heavy atom. The molecular formula is C14H21NO2S. The van der Waals surface area contributed by atoms with E-state index in [2.05, 4.69) is 24.4 Å². The first kappa shape index (κ1) is 13.6. The third kappa shape index (κ3) is 3.33. The van der Waals surface area contributed by atoms with Crippen LogP contribution in [0.1, 0.15) is 24.9 Å². The molecule has 0 saturated heterocycles. The lowest BCUT2D eigenvalue weighted by atomic mass is 10.1. The summed E-state index contributed by atoms with van der Waals surface area (Å²) in [4.78, 5) is 0. The van der Waals surface area contributed by atoms with Crippen LogP contribution in [0, 0.1) is 0 Å². The van der Waals surface area contributed by atoms with E-state index in [1.807, 2.05) is 24.9 Å². The Labute approximate surface area is 113 Å². The van der Waals surface area contributed by atoms with Gasteiger partial charge in [-0.3, -0.25) is 0 Å². The summed E-state index contributed by atoms with van der Waals surface area (Å²) in [6, 6.07) is 6.63. The van der Waals surface area contributed by atoms with Gasteiger partial charge in [-0.2, -0.15) is 11.8 Å². The van der Waals surface area contributed by atoms with Crippen molar-refractivity contribution in [3.8, 4) is 11.5 Å². The Balaban J connectivity index is 2.15. The van der Waals surface area contributed by atoms with Crippen LogP contribution >= 0.6 is 11.8 Å². The monoisotopic (exact) mass is 267 g/mol. The van der Waals surface area contributed by atoms with E-state index in [0.29, 0.717) is 6.04 Å². The molecular weight excluding hydrogens is 246 g/mol. The number of fused-ring (bicyclic) bond motifs is 1. The molecule has 0 aromatic heterocycles. The summed E-state index contributed by atoms with van der Waals surface area (Å²) < 4.78 is 11.4.